The zero-order chi connectivity index (χ0) is 9.99. The van der Waals surface area contributed by atoms with Gasteiger partial charge in [-0.05, 0) is 26.2 Å². The van der Waals surface area contributed by atoms with Crippen LogP contribution in [-0.2, 0) is 0 Å². The molecule has 0 aliphatic carbocycles. The minimum absolute atomic E-state index is 0.130. The van der Waals surface area contributed by atoms with E-state index in [0.29, 0.717) is 5.92 Å². The van der Waals surface area contributed by atoms with Gasteiger partial charge in [0.2, 0.25) is 0 Å². The molecular formula is C9H20S3. The van der Waals surface area contributed by atoms with Gasteiger partial charge in [0.1, 0.15) is 0 Å². The van der Waals surface area contributed by atoms with Crippen molar-refractivity contribution in [3.8, 4) is 0 Å². The van der Waals surface area contributed by atoms with Gasteiger partial charge < -0.3 is 0 Å². The van der Waals surface area contributed by atoms with Crippen molar-refractivity contribution in [1.82, 2.24) is 0 Å². The molecule has 3 heteroatoms. The van der Waals surface area contributed by atoms with E-state index in [1.165, 1.54) is 12.8 Å². The van der Waals surface area contributed by atoms with Crippen molar-refractivity contribution in [2.45, 2.75) is 49.4 Å². The molecule has 0 aromatic heterocycles. The van der Waals surface area contributed by atoms with E-state index in [0.717, 1.165) is 0 Å². The Balaban J connectivity index is 4.38. The van der Waals surface area contributed by atoms with Crippen LogP contribution in [0.15, 0.2) is 0 Å². The van der Waals surface area contributed by atoms with Crippen molar-refractivity contribution in [3.63, 3.8) is 0 Å². The van der Waals surface area contributed by atoms with Crippen LogP contribution in [0.25, 0.3) is 0 Å². The Bertz CT molecular complexity index is 135. The smallest absolute Gasteiger partial charge is 0.0667 e. The zero-order valence-electron chi connectivity index (χ0n) is 8.33. The van der Waals surface area contributed by atoms with Crippen LogP contribution in [0.4, 0.5) is 0 Å². The summed E-state index contributed by atoms with van der Waals surface area (Å²) in [5, 5.41) is 0. The van der Waals surface area contributed by atoms with Gasteiger partial charge in [0.25, 0.3) is 0 Å². The second-order valence-corrected chi connectivity index (χ2v) is 6.93. The lowest BCUT2D eigenvalue weighted by atomic mass is 9.88. The van der Waals surface area contributed by atoms with E-state index < -0.39 is 0 Å². The Morgan fingerprint density at radius 1 is 1.17 bits per heavy atom. The molecule has 0 saturated heterocycles. The summed E-state index contributed by atoms with van der Waals surface area (Å²) in [7, 11) is 0. The molecule has 0 fully saturated rings. The summed E-state index contributed by atoms with van der Waals surface area (Å²) in [5.74, 6) is 0.533. The van der Waals surface area contributed by atoms with E-state index in [1.54, 1.807) is 0 Å². The van der Waals surface area contributed by atoms with E-state index >= 15 is 0 Å². The lowest BCUT2D eigenvalue weighted by Gasteiger charge is -2.41. The van der Waals surface area contributed by atoms with Crippen LogP contribution in [0.3, 0.4) is 0 Å². The minimum atomic E-state index is -0.329. The summed E-state index contributed by atoms with van der Waals surface area (Å²) in [4.78, 5) is 0. The Morgan fingerprint density at radius 2 is 1.58 bits per heavy atom. The first kappa shape index (κ1) is 13.1. The standard InChI is InChI=1S/C9H20S3/c1-5-6-7(2)8(3,10)9(4,11)12/h7,10-12H,5-6H2,1-4H3. The fourth-order valence-electron chi connectivity index (χ4n) is 1.18. The summed E-state index contributed by atoms with van der Waals surface area (Å²) in [6.07, 6.45) is 2.37. The van der Waals surface area contributed by atoms with Gasteiger partial charge in [0.05, 0.1) is 4.08 Å². The molecule has 0 rings (SSSR count). The van der Waals surface area contributed by atoms with E-state index in [4.69, 9.17) is 0 Å². The first-order chi connectivity index (χ1) is 5.23. The molecule has 0 heterocycles. The maximum absolute atomic E-state index is 4.64. The number of hydrogen-bond donors (Lipinski definition) is 3. The van der Waals surface area contributed by atoms with Crippen LogP contribution in [0.1, 0.15) is 40.5 Å². The van der Waals surface area contributed by atoms with E-state index in [9.17, 15) is 0 Å². The highest BCUT2D eigenvalue weighted by molar-refractivity contribution is 8.02. The zero-order valence-corrected chi connectivity index (χ0v) is 11.0. The van der Waals surface area contributed by atoms with Gasteiger partial charge in [-0.25, -0.2) is 0 Å². The first-order valence-electron chi connectivity index (χ1n) is 4.40. The van der Waals surface area contributed by atoms with Gasteiger partial charge in [-0.3, -0.25) is 0 Å². The van der Waals surface area contributed by atoms with Crippen molar-refractivity contribution < 1.29 is 0 Å². The third-order valence-electron chi connectivity index (χ3n) is 2.64. The maximum Gasteiger partial charge on any atom is 0.0667 e. The highest BCUT2D eigenvalue weighted by atomic mass is 32.2. The molecule has 0 bridgehead atoms. The van der Waals surface area contributed by atoms with Gasteiger partial charge in [-0.15, -0.1) is 0 Å². The fourth-order valence-corrected chi connectivity index (χ4v) is 1.75. The largest absolute Gasteiger partial charge is 0.170 e. The third kappa shape index (κ3) is 3.08. The van der Waals surface area contributed by atoms with Crippen LogP contribution in [0.5, 0.6) is 0 Å². The number of hydrogen-bond acceptors (Lipinski definition) is 3. The molecule has 2 atom stereocenters. The monoisotopic (exact) mass is 224 g/mol. The summed E-state index contributed by atoms with van der Waals surface area (Å²) in [5.41, 5.74) is 0. The molecule has 2 unspecified atom stereocenters. The molecule has 0 aromatic carbocycles. The van der Waals surface area contributed by atoms with Crippen LogP contribution >= 0.6 is 37.9 Å². The molecule has 0 amide bonds. The van der Waals surface area contributed by atoms with Crippen molar-refractivity contribution in [2.75, 3.05) is 0 Å². The molecule has 0 N–H and O–H groups in total. The van der Waals surface area contributed by atoms with Gasteiger partial charge >= 0.3 is 0 Å². The predicted octanol–water partition coefficient (Wildman–Crippen LogP) is 3.69. The van der Waals surface area contributed by atoms with Gasteiger partial charge in [0, 0.05) is 4.75 Å². The second-order valence-electron chi connectivity index (χ2n) is 3.86. The maximum atomic E-state index is 4.64. The third-order valence-corrected chi connectivity index (χ3v) is 4.81. The predicted molar refractivity (Wildman–Crippen MR) is 67.8 cm³/mol. The molecule has 0 nitrogen and oxygen atoms in total. The summed E-state index contributed by atoms with van der Waals surface area (Å²) < 4.78 is -0.458. The summed E-state index contributed by atoms with van der Waals surface area (Å²) in [6, 6.07) is 0. The van der Waals surface area contributed by atoms with Crippen molar-refractivity contribution in [2.24, 2.45) is 5.92 Å². The van der Waals surface area contributed by atoms with E-state index in [1.807, 2.05) is 6.92 Å². The lowest BCUT2D eigenvalue weighted by molar-refractivity contribution is 0.390. The molecule has 0 spiro atoms. The SMILES string of the molecule is CCCC(C)C(C)(S)C(C)(S)S. The van der Waals surface area contributed by atoms with Gasteiger partial charge in [0.15, 0.2) is 0 Å². The highest BCUT2D eigenvalue weighted by Gasteiger charge is 2.40. The average Bonchev–Trinajstić information content (AvgIpc) is 1.85. The molecule has 0 aliphatic heterocycles. The molecule has 0 aromatic rings. The highest BCUT2D eigenvalue weighted by Crippen LogP contribution is 2.44. The lowest BCUT2D eigenvalue weighted by Crippen LogP contribution is -2.42. The number of thiol groups is 3. The Morgan fingerprint density at radius 3 is 1.83 bits per heavy atom. The van der Waals surface area contributed by atoms with Crippen molar-refractivity contribution in [3.05, 3.63) is 0 Å². The summed E-state index contributed by atoms with van der Waals surface area (Å²) in [6.45, 7) is 8.50. The van der Waals surface area contributed by atoms with Crippen LogP contribution < -0.4 is 0 Å². The normalized spacial score (nSPS) is 20.2. The molecule has 0 aliphatic rings. The van der Waals surface area contributed by atoms with E-state index in [2.05, 4.69) is 58.7 Å². The Hall–Kier alpha value is 1.05. The minimum Gasteiger partial charge on any atom is -0.170 e. The second kappa shape index (κ2) is 4.52. The Kier molecular flexibility index (Phi) is 4.91. The topological polar surface area (TPSA) is 0 Å². The number of rotatable bonds is 4. The molecule has 74 valence electrons. The van der Waals surface area contributed by atoms with Crippen molar-refractivity contribution in [1.29, 1.82) is 0 Å². The quantitative estimate of drug-likeness (QED) is 0.471. The van der Waals surface area contributed by atoms with Gasteiger partial charge in [-0.1, -0.05) is 20.3 Å². The Labute approximate surface area is 93.1 Å². The molecule has 0 saturated carbocycles. The average molecular weight is 224 g/mol. The fraction of sp³-hybridized carbons (Fsp3) is 1.00. The molecule has 12 heavy (non-hydrogen) atoms. The first-order valence-corrected chi connectivity index (χ1v) is 5.74. The van der Waals surface area contributed by atoms with Crippen LogP contribution in [-0.4, -0.2) is 8.83 Å². The van der Waals surface area contributed by atoms with Crippen molar-refractivity contribution >= 4 is 37.9 Å². The van der Waals surface area contributed by atoms with Crippen LogP contribution in [0, 0.1) is 5.92 Å². The van der Waals surface area contributed by atoms with E-state index in [-0.39, 0.29) is 8.83 Å². The summed E-state index contributed by atoms with van der Waals surface area (Å²) >= 11 is 13.6. The molecular weight excluding hydrogens is 204 g/mol. The van der Waals surface area contributed by atoms with Gasteiger partial charge in [-0.2, -0.15) is 37.9 Å². The van der Waals surface area contributed by atoms with Crippen LogP contribution in [0.2, 0.25) is 0 Å². The molecule has 0 radical (unpaired) electrons.